The van der Waals surface area contributed by atoms with Crippen LogP contribution >= 0.6 is 0 Å². The first-order valence-electron chi connectivity index (χ1n) is 11.8. The van der Waals surface area contributed by atoms with Crippen LogP contribution in [-0.4, -0.2) is 30.9 Å². The van der Waals surface area contributed by atoms with Gasteiger partial charge in [0.1, 0.15) is 0 Å². The predicted octanol–water partition coefficient (Wildman–Crippen LogP) is 4.31. The molecule has 2 rings (SSSR count). The molecule has 5 heteroatoms. The van der Waals surface area contributed by atoms with Gasteiger partial charge in [0.2, 0.25) is 11.8 Å². The molecule has 4 N–H and O–H groups in total. The van der Waals surface area contributed by atoms with Crippen molar-refractivity contribution in [3.8, 4) is 11.1 Å². The molecule has 0 aromatic heterocycles. The number of carbonyl (C=O) groups is 2. The molecule has 0 heterocycles. The number of amides is 2. The van der Waals surface area contributed by atoms with Gasteiger partial charge in [0.25, 0.3) is 0 Å². The van der Waals surface area contributed by atoms with Crippen molar-refractivity contribution in [3.05, 3.63) is 60.2 Å². The SMILES string of the molecule is CC(C)CCCNC(=O)[C@H](N)CCCNC(=O)[C@H](C)Cc1ccc(-c2ccccc2)cc1. The van der Waals surface area contributed by atoms with Crippen molar-refractivity contribution in [3.63, 3.8) is 0 Å². The summed E-state index contributed by atoms with van der Waals surface area (Å²) >= 11 is 0. The Morgan fingerprint density at radius 2 is 1.34 bits per heavy atom. The van der Waals surface area contributed by atoms with Crippen LogP contribution in [0.25, 0.3) is 11.1 Å². The number of rotatable bonds is 13. The summed E-state index contributed by atoms with van der Waals surface area (Å²) in [6, 6.07) is 18.1. The van der Waals surface area contributed by atoms with E-state index in [4.69, 9.17) is 5.73 Å². The Hall–Kier alpha value is -2.66. The molecule has 0 spiro atoms. The average molecular weight is 438 g/mol. The maximum atomic E-state index is 12.4. The Bertz CT molecular complexity index is 819. The van der Waals surface area contributed by atoms with Gasteiger partial charge in [-0.15, -0.1) is 0 Å². The van der Waals surface area contributed by atoms with Crippen LogP contribution in [0.1, 0.15) is 52.0 Å². The normalized spacial score (nSPS) is 12.9. The summed E-state index contributed by atoms with van der Waals surface area (Å²) in [6.45, 7) is 7.49. The number of nitrogens with one attached hydrogen (secondary N) is 2. The highest BCUT2D eigenvalue weighted by atomic mass is 16.2. The van der Waals surface area contributed by atoms with Crippen LogP contribution in [0.4, 0.5) is 0 Å². The summed E-state index contributed by atoms with van der Waals surface area (Å²) in [4.78, 5) is 24.4. The van der Waals surface area contributed by atoms with Crippen LogP contribution in [-0.2, 0) is 16.0 Å². The van der Waals surface area contributed by atoms with Gasteiger partial charge in [0.05, 0.1) is 6.04 Å². The molecular formula is C27H39N3O2. The first kappa shape index (κ1) is 25.6. The number of hydrogen-bond donors (Lipinski definition) is 3. The topological polar surface area (TPSA) is 84.2 Å². The van der Waals surface area contributed by atoms with Crippen LogP contribution < -0.4 is 16.4 Å². The first-order chi connectivity index (χ1) is 15.4. The maximum absolute atomic E-state index is 12.4. The minimum Gasteiger partial charge on any atom is -0.356 e. The molecule has 0 aliphatic heterocycles. The van der Waals surface area contributed by atoms with Gasteiger partial charge >= 0.3 is 0 Å². The third-order valence-corrected chi connectivity index (χ3v) is 5.64. The molecular weight excluding hydrogens is 398 g/mol. The van der Waals surface area contributed by atoms with Crippen LogP contribution in [0.3, 0.4) is 0 Å². The van der Waals surface area contributed by atoms with E-state index in [2.05, 4.69) is 60.9 Å². The predicted molar refractivity (Wildman–Crippen MR) is 132 cm³/mol. The van der Waals surface area contributed by atoms with E-state index < -0.39 is 6.04 Å². The molecule has 174 valence electrons. The first-order valence-corrected chi connectivity index (χ1v) is 11.8. The van der Waals surface area contributed by atoms with E-state index in [-0.39, 0.29) is 17.7 Å². The van der Waals surface area contributed by atoms with E-state index in [0.29, 0.717) is 38.3 Å². The minimum atomic E-state index is -0.522. The Kier molecular flexibility index (Phi) is 10.9. The van der Waals surface area contributed by atoms with E-state index in [0.717, 1.165) is 18.4 Å². The molecule has 0 saturated carbocycles. The molecule has 0 radical (unpaired) electrons. The van der Waals surface area contributed by atoms with Crippen molar-refractivity contribution in [1.29, 1.82) is 0 Å². The third kappa shape index (κ3) is 9.23. The van der Waals surface area contributed by atoms with Gasteiger partial charge in [-0.05, 0) is 54.7 Å². The van der Waals surface area contributed by atoms with Crippen LogP contribution in [0.2, 0.25) is 0 Å². The van der Waals surface area contributed by atoms with Crippen molar-refractivity contribution in [2.24, 2.45) is 17.6 Å². The summed E-state index contributed by atoms with van der Waals surface area (Å²) in [5, 5.41) is 5.87. The van der Waals surface area contributed by atoms with Gasteiger partial charge < -0.3 is 16.4 Å². The monoisotopic (exact) mass is 437 g/mol. The molecule has 5 nitrogen and oxygen atoms in total. The van der Waals surface area contributed by atoms with E-state index in [9.17, 15) is 9.59 Å². The summed E-state index contributed by atoms with van der Waals surface area (Å²) < 4.78 is 0. The van der Waals surface area contributed by atoms with Crippen LogP contribution in [0.15, 0.2) is 54.6 Å². The van der Waals surface area contributed by atoms with Crippen molar-refractivity contribution < 1.29 is 9.59 Å². The van der Waals surface area contributed by atoms with Crippen molar-refractivity contribution >= 4 is 11.8 Å². The second-order valence-corrected chi connectivity index (χ2v) is 9.03. The van der Waals surface area contributed by atoms with Gasteiger partial charge in [-0.3, -0.25) is 9.59 Å². The molecule has 0 aliphatic rings. The summed E-state index contributed by atoms with van der Waals surface area (Å²) in [6.07, 6.45) is 4.01. The van der Waals surface area contributed by atoms with E-state index >= 15 is 0 Å². The van der Waals surface area contributed by atoms with E-state index in [1.807, 2.05) is 25.1 Å². The Morgan fingerprint density at radius 3 is 1.97 bits per heavy atom. The molecule has 0 unspecified atom stereocenters. The van der Waals surface area contributed by atoms with E-state index in [1.54, 1.807) is 0 Å². The molecule has 0 aliphatic carbocycles. The zero-order valence-electron chi connectivity index (χ0n) is 19.8. The zero-order chi connectivity index (χ0) is 23.3. The average Bonchev–Trinajstić information content (AvgIpc) is 2.80. The number of nitrogens with two attached hydrogens (primary N) is 1. The quantitative estimate of drug-likeness (QED) is 0.408. The van der Waals surface area contributed by atoms with Gasteiger partial charge in [-0.2, -0.15) is 0 Å². The van der Waals surface area contributed by atoms with Gasteiger partial charge in [0.15, 0.2) is 0 Å². The standard InChI is InChI=1S/C27H39N3O2/c1-20(2)9-7-17-30-27(32)25(28)12-8-18-29-26(31)21(3)19-22-13-15-24(16-14-22)23-10-5-4-6-11-23/h4-6,10-11,13-16,20-21,25H,7-9,12,17-19,28H2,1-3H3,(H,29,31)(H,30,32)/t21-,25-/m1/s1. The zero-order valence-corrected chi connectivity index (χ0v) is 19.8. The number of carbonyl (C=O) groups excluding carboxylic acids is 2. The van der Waals surface area contributed by atoms with Gasteiger partial charge in [-0.1, -0.05) is 75.4 Å². The lowest BCUT2D eigenvalue weighted by molar-refractivity contribution is -0.124. The van der Waals surface area contributed by atoms with E-state index in [1.165, 1.54) is 11.1 Å². The lowest BCUT2D eigenvalue weighted by atomic mass is 9.97. The molecule has 0 fully saturated rings. The molecule has 0 bridgehead atoms. The Balaban J connectivity index is 1.65. The van der Waals surface area contributed by atoms with Gasteiger partial charge in [-0.25, -0.2) is 0 Å². The van der Waals surface area contributed by atoms with Gasteiger partial charge in [0, 0.05) is 19.0 Å². The lowest BCUT2D eigenvalue weighted by Crippen LogP contribution is -2.41. The highest BCUT2D eigenvalue weighted by Gasteiger charge is 2.15. The van der Waals surface area contributed by atoms with Crippen LogP contribution in [0, 0.1) is 11.8 Å². The maximum Gasteiger partial charge on any atom is 0.236 e. The Labute approximate surface area is 193 Å². The highest BCUT2D eigenvalue weighted by molar-refractivity contribution is 5.81. The third-order valence-electron chi connectivity index (χ3n) is 5.64. The molecule has 32 heavy (non-hydrogen) atoms. The molecule has 2 aromatic carbocycles. The fourth-order valence-electron chi connectivity index (χ4n) is 3.60. The second-order valence-electron chi connectivity index (χ2n) is 9.03. The fourth-order valence-corrected chi connectivity index (χ4v) is 3.60. The molecule has 2 amide bonds. The number of hydrogen-bond acceptors (Lipinski definition) is 3. The minimum absolute atomic E-state index is 0.0313. The summed E-state index contributed by atoms with van der Waals surface area (Å²) in [5.74, 6) is 0.451. The second kappa shape index (κ2) is 13.7. The molecule has 0 saturated heterocycles. The van der Waals surface area contributed by atoms with Crippen LogP contribution in [0.5, 0.6) is 0 Å². The van der Waals surface area contributed by atoms with Crippen molar-refractivity contribution in [1.82, 2.24) is 10.6 Å². The summed E-state index contributed by atoms with van der Waals surface area (Å²) in [7, 11) is 0. The highest BCUT2D eigenvalue weighted by Crippen LogP contribution is 2.20. The molecule has 2 atom stereocenters. The smallest absolute Gasteiger partial charge is 0.236 e. The van der Waals surface area contributed by atoms with Crippen molar-refractivity contribution in [2.45, 2.75) is 58.9 Å². The number of benzene rings is 2. The fraction of sp³-hybridized carbons (Fsp3) is 0.481. The lowest BCUT2D eigenvalue weighted by Gasteiger charge is -2.15. The molecule has 2 aromatic rings. The largest absolute Gasteiger partial charge is 0.356 e. The van der Waals surface area contributed by atoms with Crippen molar-refractivity contribution in [2.75, 3.05) is 13.1 Å². The Morgan fingerprint density at radius 1 is 0.781 bits per heavy atom. The summed E-state index contributed by atoms with van der Waals surface area (Å²) in [5.41, 5.74) is 9.47.